The summed E-state index contributed by atoms with van der Waals surface area (Å²) in [6.07, 6.45) is 0. The van der Waals surface area contributed by atoms with Crippen molar-refractivity contribution in [3.05, 3.63) is 6.79 Å². The molecule has 1 aliphatic rings. The van der Waals surface area contributed by atoms with E-state index in [9.17, 15) is 0 Å². The van der Waals surface area contributed by atoms with Crippen molar-refractivity contribution in [3.8, 4) is 0 Å². The third-order valence-corrected chi connectivity index (χ3v) is 1.06. The van der Waals surface area contributed by atoms with E-state index in [0.717, 1.165) is 0 Å². The monoisotopic (exact) mass is 117 g/mol. The van der Waals surface area contributed by atoms with Crippen molar-refractivity contribution in [2.45, 2.75) is 0 Å². The molecule has 0 amide bonds. The molecule has 0 saturated carbocycles. The van der Waals surface area contributed by atoms with Crippen LogP contribution in [0.25, 0.3) is 0 Å². The number of hydrogen-bond acceptors (Lipinski definition) is 3. The molecule has 1 radical (unpaired) electrons. The Kier molecular flexibility index (Phi) is 2.27. The molecular formula is C5H9O3. The van der Waals surface area contributed by atoms with Gasteiger partial charge in [-0.1, -0.05) is 0 Å². The molecule has 47 valence electrons. The van der Waals surface area contributed by atoms with Gasteiger partial charge in [0.05, 0.1) is 19.8 Å². The topological polar surface area (TPSA) is 38.7 Å². The van der Waals surface area contributed by atoms with Crippen LogP contribution in [0.4, 0.5) is 0 Å². The maximum absolute atomic E-state index is 8.52. The van der Waals surface area contributed by atoms with Crippen molar-refractivity contribution >= 4 is 0 Å². The van der Waals surface area contributed by atoms with Crippen molar-refractivity contribution in [2.75, 3.05) is 19.8 Å². The van der Waals surface area contributed by atoms with Crippen molar-refractivity contribution in [3.63, 3.8) is 0 Å². The van der Waals surface area contributed by atoms with E-state index < -0.39 is 0 Å². The maximum Gasteiger partial charge on any atom is 0.209 e. The van der Waals surface area contributed by atoms with Crippen LogP contribution in [0.5, 0.6) is 0 Å². The highest BCUT2D eigenvalue weighted by Crippen LogP contribution is 2.05. The third-order valence-electron chi connectivity index (χ3n) is 1.06. The summed E-state index contributed by atoms with van der Waals surface area (Å²) in [5, 5.41) is 8.52. The van der Waals surface area contributed by atoms with Crippen molar-refractivity contribution in [1.29, 1.82) is 0 Å². The van der Waals surface area contributed by atoms with E-state index in [1.807, 2.05) is 0 Å². The minimum absolute atomic E-state index is 0.147. The van der Waals surface area contributed by atoms with Crippen LogP contribution in [0, 0.1) is 12.7 Å². The van der Waals surface area contributed by atoms with Gasteiger partial charge in [0.25, 0.3) is 0 Å². The Morgan fingerprint density at radius 3 is 2.50 bits per heavy atom. The average molecular weight is 117 g/mol. The Labute approximate surface area is 48.2 Å². The molecule has 0 spiro atoms. The minimum atomic E-state index is 0.147. The number of hydrogen-bond donors (Lipinski definition) is 1. The lowest BCUT2D eigenvalue weighted by Crippen LogP contribution is -2.24. The van der Waals surface area contributed by atoms with Crippen molar-refractivity contribution in [1.82, 2.24) is 0 Å². The fourth-order valence-corrected chi connectivity index (χ4v) is 0.552. The van der Waals surface area contributed by atoms with Gasteiger partial charge in [0.1, 0.15) is 0 Å². The van der Waals surface area contributed by atoms with Gasteiger partial charge in [0.2, 0.25) is 6.79 Å². The van der Waals surface area contributed by atoms with Crippen LogP contribution in [0.2, 0.25) is 0 Å². The predicted octanol–water partition coefficient (Wildman–Crippen LogP) is -0.239. The molecule has 1 N–H and O–H groups in total. The summed E-state index contributed by atoms with van der Waals surface area (Å²) in [5.41, 5.74) is 0. The highest BCUT2D eigenvalue weighted by atomic mass is 16.7. The molecule has 0 aromatic rings. The summed E-state index contributed by atoms with van der Waals surface area (Å²) in [5.74, 6) is 0.167. The third kappa shape index (κ3) is 1.43. The number of ether oxygens (including phenoxy) is 2. The normalized spacial score (nSPS) is 23.6. The van der Waals surface area contributed by atoms with Crippen LogP contribution < -0.4 is 0 Å². The van der Waals surface area contributed by atoms with Gasteiger partial charge in [0.15, 0.2) is 0 Å². The first-order valence-corrected chi connectivity index (χ1v) is 2.59. The van der Waals surface area contributed by atoms with Crippen molar-refractivity contribution < 1.29 is 14.6 Å². The molecule has 0 atom stereocenters. The van der Waals surface area contributed by atoms with Gasteiger partial charge >= 0.3 is 0 Å². The van der Waals surface area contributed by atoms with E-state index in [2.05, 4.69) is 0 Å². The summed E-state index contributed by atoms with van der Waals surface area (Å²) in [6.45, 7) is 2.62. The molecule has 3 heteroatoms. The van der Waals surface area contributed by atoms with E-state index in [4.69, 9.17) is 14.6 Å². The fourth-order valence-electron chi connectivity index (χ4n) is 0.552. The van der Waals surface area contributed by atoms with E-state index in [0.29, 0.717) is 13.2 Å². The average Bonchev–Trinajstić information content (AvgIpc) is 1.90. The molecule has 1 heterocycles. The van der Waals surface area contributed by atoms with Crippen LogP contribution in [0.15, 0.2) is 0 Å². The lowest BCUT2D eigenvalue weighted by Gasteiger charge is -2.18. The Hall–Kier alpha value is -0.120. The standard InChI is InChI=1S/C5H9O3/c6-1-5-2-7-4-8-3-5/h4-6H,1-3H2. The van der Waals surface area contributed by atoms with Gasteiger partial charge in [-0.25, -0.2) is 0 Å². The molecule has 1 fully saturated rings. The van der Waals surface area contributed by atoms with Crippen LogP contribution in [0.3, 0.4) is 0 Å². The van der Waals surface area contributed by atoms with E-state index in [1.165, 1.54) is 6.79 Å². The first-order valence-electron chi connectivity index (χ1n) is 2.59. The van der Waals surface area contributed by atoms with Crippen LogP contribution in [-0.2, 0) is 9.47 Å². The van der Waals surface area contributed by atoms with Gasteiger partial charge in [-0.3, -0.25) is 0 Å². The molecular weight excluding hydrogens is 108 g/mol. The Morgan fingerprint density at radius 2 is 2.12 bits per heavy atom. The smallest absolute Gasteiger partial charge is 0.209 e. The van der Waals surface area contributed by atoms with E-state index >= 15 is 0 Å². The Morgan fingerprint density at radius 1 is 1.50 bits per heavy atom. The summed E-state index contributed by atoms with van der Waals surface area (Å²) >= 11 is 0. The SMILES string of the molecule is OCC1CO[CH]OC1. The highest BCUT2D eigenvalue weighted by molar-refractivity contribution is 4.58. The number of aliphatic hydroxyl groups is 1. The molecule has 8 heavy (non-hydrogen) atoms. The number of aliphatic hydroxyl groups excluding tert-OH is 1. The zero-order valence-corrected chi connectivity index (χ0v) is 4.54. The van der Waals surface area contributed by atoms with Crippen LogP contribution in [0.1, 0.15) is 0 Å². The molecule has 0 unspecified atom stereocenters. The second-order valence-electron chi connectivity index (χ2n) is 1.81. The summed E-state index contributed by atoms with van der Waals surface area (Å²) < 4.78 is 9.53. The fraction of sp³-hybridized carbons (Fsp3) is 0.800. The van der Waals surface area contributed by atoms with Gasteiger partial charge in [-0.15, -0.1) is 0 Å². The molecule has 0 aromatic heterocycles. The summed E-state index contributed by atoms with van der Waals surface area (Å²) in [6, 6.07) is 0. The quantitative estimate of drug-likeness (QED) is 0.515. The second-order valence-corrected chi connectivity index (χ2v) is 1.81. The van der Waals surface area contributed by atoms with Gasteiger partial charge in [-0.05, 0) is 0 Å². The first-order chi connectivity index (χ1) is 3.93. The molecule has 1 rings (SSSR count). The molecule has 0 bridgehead atoms. The van der Waals surface area contributed by atoms with Gasteiger partial charge < -0.3 is 14.6 Å². The molecule has 0 aromatic carbocycles. The predicted molar refractivity (Wildman–Crippen MR) is 26.8 cm³/mol. The molecule has 3 nitrogen and oxygen atoms in total. The molecule has 1 saturated heterocycles. The maximum atomic E-state index is 8.52. The second kappa shape index (κ2) is 3.02. The lowest BCUT2D eigenvalue weighted by molar-refractivity contribution is -0.0749. The van der Waals surface area contributed by atoms with E-state index in [-0.39, 0.29) is 12.5 Å². The zero-order valence-electron chi connectivity index (χ0n) is 4.54. The Bertz CT molecular complexity index is 58.7. The zero-order chi connectivity index (χ0) is 5.82. The Balaban J connectivity index is 2.13. The highest BCUT2D eigenvalue weighted by Gasteiger charge is 2.12. The van der Waals surface area contributed by atoms with Crippen molar-refractivity contribution in [2.24, 2.45) is 5.92 Å². The van der Waals surface area contributed by atoms with Crippen LogP contribution in [-0.4, -0.2) is 24.9 Å². The molecule has 0 aliphatic carbocycles. The largest absolute Gasteiger partial charge is 0.396 e. The van der Waals surface area contributed by atoms with E-state index in [1.54, 1.807) is 0 Å². The summed E-state index contributed by atoms with van der Waals surface area (Å²) in [4.78, 5) is 0. The van der Waals surface area contributed by atoms with Gasteiger partial charge in [-0.2, -0.15) is 0 Å². The lowest BCUT2D eigenvalue weighted by atomic mass is 10.2. The molecule has 1 aliphatic heterocycles. The first kappa shape index (κ1) is 6.01. The summed E-state index contributed by atoms with van der Waals surface area (Å²) in [7, 11) is 0. The van der Waals surface area contributed by atoms with Crippen LogP contribution >= 0.6 is 0 Å². The number of rotatable bonds is 1. The van der Waals surface area contributed by atoms with Gasteiger partial charge in [0, 0.05) is 5.92 Å². The minimum Gasteiger partial charge on any atom is -0.396 e.